The Labute approximate surface area is 114 Å². The van der Waals surface area contributed by atoms with Crippen molar-refractivity contribution in [3.05, 3.63) is 41.7 Å². The number of anilines is 1. The van der Waals surface area contributed by atoms with Crippen molar-refractivity contribution in [3.8, 4) is 5.75 Å². The number of alkyl halides is 3. The molecule has 0 aliphatic rings. The average Bonchev–Trinajstić information content (AvgIpc) is 2.76. The van der Waals surface area contributed by atoms with Gasteiger partial charge in [-0.2, -0.15) is 13.2 Å². The summed E-state index contributed by atoms with van der Waals surface area (Å²) in [5.74, 6) is 0.737. The summed E-state index contributed by atoms with van der Waals surface area (Å²) in [5.41, 5.74) is 5.58. The highest BCUT2D eigenvalue weighted by atomic mass is 19.4. The van der Waals surface area contributed by atoms with E-state index in [4.69, 9.17) is 10.5 Å². The summed E-state index contributed by atoms with van der Waals surface area (Å²) in [6, 6.07) is 4.52. The maximum absolute atomic E-state index is 12.4. The van der Waals surface area contributed by atoms with E-state index in [1.165, 1.54) is 12.1 Å². The zero-order valence-corrected chi connectivity index (χ0v) is 10.8. The van der Waals surface area contributed by atoms with Gasteiger partial charge in [0.25, 0.3) is 0 Å². The molecule has 2 N–H and O–H groups in total. The molecule has 0 aliphatic heterocycles. The maximum Gasteiger partial charge on any atom is 0.416 e. The molecule has 0 atom stereocenters. The van der Waals surface area contributed by atoms with Crippen LogP contribution in [-0.4, -0.2) is 9.55 Å². The zero-order chi connectivity index (χ0) is 14.8. The number of aryl methyl sites for hydroxylation is 1. The number of imidazole rings is 1. The van der Waals surface area contributed by atoms with Crippen LogP contribution in [0.15, 0.2) is 30.5 Å². The molecule has 0 saturated carbocycles. The minimum atomic E-state index is -4.34. The fourth-order valence-electron chi connectivity index (χ4n) is 1.71. The number of rotatable bonds is 4. The first-order valence-electron chi connectivity index (χ1n) is 6.01. The standard InChI is InChI=1S/C13H14F3N3O/c1-2-19-7-10(18-12(19)17)8-20-11-5-3-9(4-6-11)13(14,15)16/h3-7H,2,8H2,1H3,(H2,17,18). The molecule has 20 heavy (non-hydrogen) atoms. The summed E-state index contributed by atoms with van der Waals surface area (Å²) >= 11 is 0. The lowest BCUT2D eigenvalue weighted by molar-refractivity contribution is -0.137. The summed E-state index contributed by atoms with van der Waals surface area (Å²) in [6.07, 6.45) is -2.59. The summed E-state index contributed by atoms with van der Waals surface area (Å²) in [5, 5.41) is 0. The monoisotopic (exact) mass is 285 g/mol. The van der Waals surface area contributed by atoms with Crippen LogP contribution in [0, 0.1) is 0 Å². The van der Waals surface area contributed by atoms with Crippen molar-refractivity contribution in [1.29, 1.82) is 0 Å². The lowest BCUT2D eigenvalue weighted by Gasteiger charge is -2.08. The number of hydrogen-bond donors (Lipinski definition) is 1. The maximum atomic E-state index is 12.4. The van der Waals surface area contributed by atoms with Crippen molar-refractivity contribution >= 4 is 5.95 Å². The largest absolute Gasteiger partial charge is 0.487 e. The highest BCUT2D eigenvalue weighted by molar-refractivity contribution is 5.29. The van der Waals surface area contributed by atoms with Gasteiger partial charge in [0.15, 0.2) is 5.95 Å². The summed E-state index contributed by atoms with van der Waals surface area (Å²) in [7, 11) is 0. The second kappa shape index (κ2) is 5.44. The van der Waals surface area contributed by atoms with Crippen LogP contribution in [0.3, 0.4) is 0 Å². The first-order valence-corrected chi connectivity index (χ1v) is 6.01. The van der Waals surface area contributed by atoms with E-state index in [9.17, 15) is 13.2 Å². The summed E-state index contributed by atoms with van der Waals surface area (Å²) in [4.78, 5) is 4.09. The van der Waals surface area contributed by atoms with Crippen molar-refractivity contribution in [3.63, 3.8) is 0 Å². The van der Waals surface area contributed by atoms with Gasteiger partial charge in [0.1, 0.15) is 12.4 Å². The number of nitrogen functional groups attached to an aromatic ring is 1. The quantitative estimate of drug-likeness (QED) is 0.939. The summed E-state index contributed by atoms with van der Waals surface area (Å²) in [6.45, 7) is 2.78. The third kappa shape index (κ3) is 3.23. The smallest absolute Gasteiger partial charge is 0.416 e. The molecule has 7 heteroatoms. The Morgan fingerprint density at radius 2 is 1.90 bits per heavy atom. The molecular weight excluding hydrogens is 271 g/mol. The Hall–Kier alpha value is -2.18. The van der Waals surface area contributed by atoms with E-state index in [1.807, 2.05) is 6.92 Å². The highest BCUT2D eigenvalue weighted by Gasteiger charge is 2.29. The Balaban J connectivity index is 2.00. The van der Waals surface area contributed by atoms with E-state index in [2.05, 4.69) is 4.98 Å². The number of nitrogens with two attached hydrogens (primary N) is 1. The molecule has 4 nitrogen and oxygen atoms in total. The van der Waals surface area contributed by atoms with Gasteiger partial charge in [-0.15, -0.1) is 0 Å². The third-order valence-corrected chi connectivity index (χ3v) is 2.77. The van der Waals surface area contributed by atoms with Crippen LogP contribution in [0.4, 0.5) is 19.1 Å². The van der Waals surface area contributed by atoms with Crippen molar-refractivity contribution < 1.29 is 17.9 Å². The fraction of sp³-hybridized carbons (Fsp3) is 0.308. The van der Waals surface area contributed by atoms with Crippen LogP contribution in [0.2, 0.25) is 0 Å². The molecule has 1 heterocycles. The van der Waals surface area contributed by atoms with Crippen LogP contribution in [0.25, 0.3) is 0 Å². The second-order valence-electron chi connectivity index (χ2n) is 4.19. The van der Waals surface area contributed by atoms with Crippen molar-refractivity contribution in [1.82, 2.24) is 9.55 Å². The molecule has 0 bridgehead atoms. The van der Waals surface area contributed by atoms with Gasteiger partial charge in [-0.25, -0.2) is 4.98 Å². The molecule has 2 aromatic rings. The Kier molecular flexibility index (Phi) is 3.87. The molecule has 0 radical (unpaired) electrons. The third-order valence-electron chi connectivity index (χ3n) is 2.77. The highest BCUT2D eigenvalue weighted by Crippen LogP contribution is 2.30. The summed E-state index contributed by atoms with van der Waals surface area (Å²) < 4.78 is 44.3. The van der Waals surface area contributed by atoms with Crippen molar-refractivity contribution in [2.45, 2.75) is 26.3 Å². The molecule has 0 aliphatic carbocycles. The average molecular weight is 285 g/mol. The van der Waals surface area contributed by atoms with Gasteiger partial charge in [-0.05, 0) is 31.2 Å². The van der Waals surface area contributed by atoms with Gasteiger partial charge in [0, 0.05) is 12.7 Å². The van der Waals surface area contributed by atoms with Gasteiger partial charge >= 0.3 is 6.18 Å². The van der Waals surface area contributed by atoms with Gasteiger partial charge in [-0.3, -0.25) is 0 Å². The molecule has 108 valence electrons. The van der Waals surface area contributed by atoms with E-state index in [1.54, 1.807) is 10.8 Å². The normalized spacial score (nSPS) is 11.6. The molecule has 2 rings (SSSR count). The molecule has 0 unspecified atom stereocenters. The van der Waals surface area contributed by atoms with Crippen LogP contribution < -0.4 is 10.5 Å². The van der Waals surface area contributed by atoms with E-state index < -0.39 is 11.7 Å². The molecule has 0 saturated heterocycles. The minimum absolute atomic E-state index is 0.155. The van der Waals surface area contributed by atoms with E-state index in [-0.39, 0.29) is 6.61 Å². The zero-order valence-electron chi connectivity index (χ0n) is 10.8. The second-order valence-corrected chi connectivity index (χ2v) is 4.19. The van der Waals surface area contributed by atoms with E-state index in [0.717, 1.165) is 12.1 Å². The van der Waals surface area contributed by atoms with Gasteiger partial charge in [0.05, 0.1) is 11.3 Å². The number of benzene rings is 1. The van der Waals surface area contributed by atoms with E-state index in [0.29, 0.717) is 23.9 Å². The predicted molar refractivity (Wildman–Crippen MR) is 68.1 cm³/mol. The van der Waals surface area contributed by atoms with Crippen LogP contribution >= 0.6 is 0 Å². The Morgan fingerprint density at radius 3 is 2.40 bits per heavy atom. The topological polar surface area (TPSA) is 53.1 Å². The molecule has 0 spiro atoms. The lowest BCUT2D eigenvalue weighted by Crippen LogP contribution is -2.04. The minimum Gasteiger partial charge on any atom is -0.487 e. The van der Waals surface area contributed by atoms with Crippen molar-refractivity contribution in [2.75, 3.05) is 5.73 Å². The number of nitrogens with zero attached hydrogens (tertiary/aromatic N) is 2. The number of halogens is 3. The van der Waals surface area contributed by atoms with E-state index >= 15 is 0 Å². The number of aromatic nitrogens is 2. The molecular formula is C13H14F3N3O. The fourth-order valence-corrected chi connectivity index (χ4v) is 1.71. The van der Waals surface area contributed by atoms with Gasteiger partial charge in [0.2, 0.25) is 0 Å². The first kappa shape index (κ1) is 14.2. The molecule has 0 amide bonds. The van der Waals surface area contributed by atoms with Crippen molar-refractivity contribution in [2.24, 2.45) is 0 Å². The number of ether oxygens (including phenoxy) is 1. The molecule has 1 aromatic heterocycles. The SMILES string of the molecule is CCn1cc(COc2ccc(C(F)(F)F)cc2)nc1N. The number of hydrogen-bond acceptors (Lipinski definition) is 3. The Morgan fingerprint density at radius 1 is 1.25 bits per heavy atom. The van der Waals surface area contributed by atoms with Gasteiger partial charge < -0.3 is 15.0 Å². The molecule has 0 fully saturated rings. The van der Waals surface area contributed by atoms with Crippen LogP contribution in [0.1, 0.15) is 18.2 Å². The van der Waals surface area contributed by atoms with Crippen LogP contribution in [0.5, 0.6) is 5.75 Å². The predicted octanol–water partition coefficient (Wildman–Crippen LogP) is 3.08. The lowest BCUT2D eigenvalue weighted by atomic mass is 10.2. The first-order chi connectivity index (χ1) is 9.40. The van der Waals surface area contributed by atoms with Crippen LogP contribution in [-0.2, 0) is 19.3 Å². The molecule has 1 aromatic carbocycles. The van der Waals surface area contributed by atoms with Gasteiger partial charge in [-0.1, -0.05) is 0 Å². The Bertz CT molecular complexity index is 576.